The van der Waals surface area contributed by atoms with Crippen molar-refractivity contribution in [1.29, 1.82) is 0 Å². The minimum Gasteiger partial charge on any atom is -0.478 e. The molecule has 0 bridgehead atoms. The Balaban J connectivity index is 1.99. The summed E-state index contributed by atoms with van der Waals surface area (Å²) in [5.74, 6) is -6.87. The van der Waals surface area contributed by atoms with Crippen LogP contribution >= 0.6 is 23.2 Å². The molecular formula is C26H15Cl2F6NO7. The van der Waals surface area contributed by atoms with Gasteiger partial charge in [0.25, 0.3) is 5.91 Å². The monoisotopic (exact) mass is 637 g/mol. The van der Waals surface area contributed by atoms with Crippen molar-refractivity contribution in [2.24, 2.45) is 0 Å². The molecule has 8 nitrogen and oxygen atoms in total. The maximum atomic E-state index is 13.1. The van der Waals surface area contributed by atoms with Gasteiger partial charge in [-0.05, 0) is 54.6 Å². The SMILES string of the molecule is O=C(O[C@H](C(=O)Nc1cc(Cl)cc(Cl)c1)[C@@H](OC(=O)c1cccc(C(F)(F)F)c1)C(=O)O)c1cccc(C(F)(F)F)c1. The van der Waals surface area contributed by atoms with Crippen molar-refractivity contribution in [2.45, 2.75) is 24.6 Å². The van der Waals surface area contributed by atoms with Crippen LogP contribution in [0.1, 0.15) is 31.8 Å². The number of anilines is 1. The van der Waals surface area contributed by atoms with Gasteiger partial charge < -0.3 is 19.9 Å². The summed E-state index contributed by atoms with van der Waals surface area (Å²) in [5, 5.41) is 11.9. The van der Waals surface area contributed by atoms with Crippen LogP contribution in [-0.2, 0) is 31.4 Å². The van der Waals surface area contributed by atoms with Gasteiger partial charge in [-0.1, -0.05) is 35.3 Å². The van der Waals surface area contributed by atoms with E-state index < -0.39 is 70.6 Å². The number of halogens is 8. The van der Waals surface area contributed by atoms with Crippen molar-refractivity contribution in [2.75, 3.05) is 5.32 Å². The van der Waals surface area contributed by atoms with Gasteiger partial charge in [-0.3, -0.25) is 4.79 Å². The van der Waals surface area contributed by atoms with E-state index in [9.17, 15) is 50.6 Å². The van der Waals surface area contributed by atoms with Crippen LogP contribution in [-0.4, -0.2) is 41.1 Å². The molecule has 2 atom stereocenters. The van der Waals surface area contributed by atoms with Gasteiger partial charge in [0.1, 0.15) is 0 Å². The fourth-order valence-corrected chi connectivity index (χ4v) is 3.87. The standard InChI is InChI=1S/C26H15Cl2F6NO7/c27-16-9-17(28)11-18(10-16)35-21(36)19(41-23(39)12-3-1-5-14(7-12)25(29,30)31)20(22(37)38)42-24(40)13-4-2-6-15(8-13)26(32,33)34/h1-11,19-20H,(H,35,36)(H,37,38)/t19-,20+/m0/s1. The second-order valence-corrected chi connectivity index (χ2v) is 9.17. The first kappa shape index (κ1) is 32.2. The first-order valence-electron chi connectivity index (χ1n) is 11.2. The predicted molar refractivity (Wildman–Crippen MR) is 134 cm³/mol. The second kappa shape index (κ2) is 12.7. The molecule has 3 rings (SSSR count). The molecular weight excluding hydrogens is 623 g/mol. The Hall–Kier alpha value is -4.30. The minimum absolute atomic E-state index is 0.000990. The largest absolute Gasteiger partial charge is 0.478 e. The first-order valence-corrected chi connectivity index (χ1v) is 12.0. The zero-order chi connectivity index (χ0) is 31.4. The summed E-state index contributed by atoms with van der Waals surface area (Å²) in [6, 6.07) is 8.89. The number of carbonyl (C=O) groups is 4. The smallest absolute Gasteiger partial charge is 0.416 e. The fourth-order valence-electron chi connectivity index (χ4n) is 3.35. The molecule has 3 aromatic rings. The number of carbonyl (C=O) groups excluding carboxylic acids is 3. The molecule has 1 amide bonds. The third-order valence-electron chi connectivity index (χ3n) is 5.23. The maximum Gasteiger partial charge on any atom is 0.416 e. The van der Waals surface area contributed by atoms with E-state index in [2.05, 4.69) is 5.32 Å². The fraction of sp³-hybridized carbons (Fsp3) is 0.154. The molecule has 0 radical (unpaired) electrons. The van der Waals surface area contributed by atoms with Crippen LogP contribution in [0.3, 0.4) is 0 Å². The summed E-state index contributed by atoms with van der Waals surface area (Å²) in [7, 11) is 0. The van der Waals surface area contributed by atoms with E-state index in [0.29, 0.717) is 24.3 Å². The summed E-state index contributed by atoms with van der Waals surface area (Å²) < 4.78 is 88.3. The van der Waals surface area contributed by atoms with Gasteiger partial charge in [0, 0.05) is 15.7 Å². The van der Waals surface area contributed by atoms with Gasteiger partial charge in [0.15, 0.2) is 0 Å². The quantitative estimate of drug-likeness (QED) is 0.214. The molecule has 0 aliphatic heterocycles. The summed E-state index contributed by atoms with van der Waals surface area (Å²) >= 11 is 11.7. The van der Waals surface area contributed by atoms with Gasteiger partial charge in [0.2, 0.25) is 12.2 Å². The lowest BCUT2D eigenvalue weighted by atomic mass is 10.1. The summed E-state index contributed by atoms with van der Waals surface area (Å²) in [6.07, 6.45) is -15.1. The summed E-state index contributed by atoms with van der Waals surface area (Å²) in [5.41, 5.74) is -4.27. The van der Waals surface area contributed by atoms with Gasteiger partial charge in [-0.2, -0.15) is 26.3 Å². The highest BCUT2D eigenvalue weighted by molar-refractivity contribution is 6.35. The molecule has 16 heteroatoms. The zero-order valence-corrected chi connectivity index (χ0v) is 21.9. The highest BCUT2D eigenvalue weighted by atomic mass is 35.5. The van der Waals surface area contributed by atoms with Crippen molar-refractivity contribution in [3.05, 3.63) is 99.0 Å². The number of hydrogen-bond acceptors (Lipinski definition) is 6. The number of nitrogens with one attached hydrogen (secondary N) is 1. The number of amides is 1. The van der Waals surface area contributed by atoms with Gasteiger partial charge in [-0.25, -0.2) is 14.4 Å². The molecule has 0 spiro atoms. The third kappa shape index (κ3) is 8.36. The summed E-state index contributed by atoms with van der Waals surface area (Å²) in [6.45, 7) is 0. The van der Waals surface area contributed by atoms with Gasteiger partial charge in [-0.15, -0.1) is 0 Å². The molecule has 0 aliphatic carbocycles. The highest BCUT2D eigenvalue weighted by Crippen LogP contribution is 2.31. The van der Waals surface area contributed by atoms with E-state index >= 15 is 0 Å². The minimum atomic E-state index is -4.89. The van der Waals surface area contributed by atoms with E-state index in [1.807, 2.05) is 0 Å². The number of alkyl halides is 6. The molecule has 0 saturated carbocycles. The van der Waals surface area contributed by atoms with E-state index in [1.54, 1.807) is 0 Å². The topological polar surface area (TPSA) is 119 Å². The zero-order valence-electron chi connectivity index (χ0n) is 20.4. The van der Waals surface area contributed by atoms with Crippen LogP contribution in [0.5, 0.6) is 0 Å². The van der Waals surface area contributed by atoms with Crippen LogP contribution < -0.4 is 5.32 Å². The number of esters is 2. The molecule has 0 aliphatic rings. The van der Waals surface area contributed by atoms with Crippen LogP contribution in [0.4, 0.5) is 32.0 Å². The first-order chi connectivity index (χ1) is 19.5. The van der Waals surface area contributed by atoms with Crippen molar-refractivity contribution < 1.29 is 60.1 Å². The molecule has 42 heavy (non-hydrogen) atoms. The molecule has 0 saturated heterocycles. The maximum absolute atomic E-state index is 13.1. The van der Waals surface area contributed by atoms with Crippen LogP contribution in [0.15, 0.2) is 66.7 Å². The Kier molecular flexibility index (Phi) is 9.74. The summed E-state index contributed by atoms with van der Waals surface area (Å²) in [4.78, 5) is 50.6. The van der Waals surface area contributed by atoms with Crippen molar-refractivity contribution in [1.82, 2.24) is 0 Å². The average Bonchev–Trinajstić information content (AvgIpc) is 2.88. The molecule has 0 heterocycles. The number of hydrogen-bond donors (Lipinski definition) is 2. The number of carboxylic acids is 1. The molecule has 0 aromatic heterocycles. The number of carboxylic acid groups (broad SMARTS) is 1. The van der Waals surface area contributed by atoms with E-state index in [1.165, 1.54) is 6.07 Å². The Morgan fingerprint density at radius 1 is 0.690 bits per heavy atom. The highest BCUT2D eigenvalue weighted by Gasteiger charge is 2.42. The second-order valence-electron chi connectivity index (χ2n) is 8.29. The normalized spacial score (nSPS) is 13.0. The van der Waals surface area contributed by atoms with Crippen LogP contribution in [0.2, 0.25) is 10.0 Å². The van der Waals surface area contributed by atoms with Crippen molar-refractivity contribution >= 4 is 52.7 Å². The molecule has 3 aromatic carbocycles. The van der Waals surface area contributed by atoms with Crippen LogP contribution in [0.25, 0.3) is 0 Å². The number of aliphatic carboxylic acids is 1. The number of rotatable bonds is 8. The Bertz CT molecular complexity index is 1510. The lowest BCUT2D eigenvalue weighted by molar-refractivity contribution is -0.157. The van der Waals surface area contributed by atoms with E-state index in [-0.39, 0.29) is 15.7 Å². The van der Waals surface area contributed by atoms with Crippen molar-refractivity contribution in [3.63, 3.8) is 0 Å². The van der Waals surface area contributed by atoms with Gasteiger partial charge in [0.05, 0.1) is 22.3 Å². The number of ether oxygens (including phenoxy) is 2. The Morgan fingerprint density at radius 2 is 1.12 bits per heavy atom. The third-order valence-corrected chi connectivity index (χ3v) is 5.66. The lowest BCUT2D eigenvalue weighted by Crippen LogP contribution is -2.48. The number of benzene rings is 3. The predicted octanol–water partition coefficient (Wildman–Crippen LogP) is 6.51. The Morgan fingerprint density at radius 3 is 1.52 bits per heavy atom. The Labute approximate surface area is 241 Å². The average molecular weight is 638 g/mol. The van der Waals surface area contributed by atoms with Crippen molar-refractivity contribution in [3.8, 4) is 0 Å². The van der Waals surface area contributed by atoms with Gasteiger partial charge >= 0.3 is 30.3 Å². The van der Waals surface area contributed by atoms with Crippen LogP contribution in [0, 0.1) is 0 Å². The molecule has 2 N–H and O–H groups in total. The molecule has 0 unspecified atom stereocenters. The molecule has 0 fully saturated rings. The lowest BCUT2D eigenvalue weighted by Gasteiger charge is -2.24. The molecule has 222 valence electrons. The van der Waals surface area contributed by atoms with E-state index in [4.69, 9.17) is 32.7 Å². The van der Waals surface area contributed by atoms with E-state index in [0.717, 1.165) is 36.4 Å².